The van der Waals surface area contributed by atoms with Gasteiger partial charge in [0.05, 0.1) is 7.11 Å². The summed E-state index contributed by atoms with van der Waals surface area (Å²) < 4.78 is 6.54. The maximum absolute atomic E-state index is 11.1. The van der Waals surface area contributed by atoms with E-state index in [2.05, 4.69) is 16.3 Å². The predicted molar refractivity (Wildman–Crippen MR) is 66.5 cm³/mol. The average molecular weight is 242 g/mol. The average Bonchev–Trinajstić information content (AvgIpc) is 2.72. The van der Waals surface area contributed by atoms with Gasteiger partial charge in [0.1, 0.15) is 6.54 Å². The lowest BCUT2D eigenvalue weighted by Crippen LogP contribution is -2.20. The number of thioether (sulfide) groups is 1. The van der Waals surface area contributed by atoms with Crippen LogP contribution in [0, 0.1) is 0 Å². The number of esters is 1. The monoisotopic (exact) mass is 242 g/mol. The zero-order valence-electron chi connectivity index (χ0n) is 9.73. The van der Waals surface area contributed by atoms with Crippen LogP contribution < -0.4 is 5.32 Å². The number of carbonyl (C=O) groups excluding carboxylic acids is 1. The topological polar surface area (TPSA) is 43.3 Å². The van der Waals surface area contributed by atoms with Crippen molar-refractivity contribution in [3.63, 3.8) is 0 Å². The Balaban J connectivity index is 2.41. The van der Waals surface area contributed by atoms with Gasteiger partial charge in [0, 0.05) is 30.7 Å². The first-order valence-corrected chi connectivity index (χ1v) is 6.57. The zero-order chi connectivity index (χ0) is 11.8. The highest BCUT2D eigenvalue weighted by atomic mass is 32.2. The molecular weight excluding hydrogens is 224 g/mol. The first-order valence-electron chi connectivity index (χ1n) is 5.18. The fourth-order valence-corrected chi connectivity index (χ4v) is 1.71. The van der Waals surface area contributed by atoms with Gasteiger partial charge in [-0.2, -0.15) is 11.8 Å². The van der Waals surface area contributed by atoms with E-state index in [0.29, 0.717) is 0 Å². The van der Waals surface area contributed by atoms with Gasteiger partial charge in [-0.1, -0.05) is 0 Å². The number of hydrogen-bond donors (Lipinski definition) is 1. The molecule has 0 aliphatic rings. The van der Waals surface area contributed by atoms with Gasteiger partial charge in [0.15, 0.2) is 0 Å². The molecule has 1 rings (SSSR count). The second-order valence-corrected chi connectivity index (χ2v) is 4.36. The minimum atomic E-state index is -0.221. The largest absolute Gasteiger partial charge is 0.468 e. The number of methoxy groups -OCH3 is 1. The van der Waals surface area contributed by atoms with Gasteiger partial charge in [-0.25, -0.2) is 0 Å². The Labute approximate surface area is 100 Å². The van der Waals surface area contributed by atoms with E-state index < -0.39 is 0 Å². The van der Waals surface area contributed by atoms with Gasteiger partial charge in [0.25, 0.3) is 0 Å². The van der Waals surface area contributed by atoms with Crippen molar-refractivity contribution in [2.45, 2.75) is 13.1 Å². The molecule has 0 spiro atoms. The van der Waals surface area contributed by atoms with Gasteiger partial charge < -0.3 is 14.6 Å². The normalized spacial score (nSPS) is 10.4. The Hall–Kier alpha value is -0.940. The van der Waals surface area contributed by atoms with E-state index in [1.54, 1.807) is 0 Å². The Kier molecular flexibility index (Phi) is 6.03. The van der Waals surface area contributed by atoms with Gasteiger partial charge in [-0.05, 0) is 18.4 Å². The molecule has 1 aromatic heterocycles. The first-order chi connectivity index (χ1) is 7.77. The summed E-state index contributed by atoms with van der Waals surface area (Å²) in [7, 11) is 1.40. The maximum Gasteiger partial charge on any atom is 0.325 e. The molecule has 90 valence electrons. The summed E-state index contributed by atoms with van der Waals surface area (Å²) in [6.07, 6.45) is 3.98. The van der Waals surface area contributed by atoms with Crippen molar-refractivity contribution in [2.24, 2.45) is 0 Å². The number of rotatable bonds is 7. The zero-order valence-corrected chi connectivity index (χ0v) is 10.5. The first kappa shape index (κ1) is 13.1. The fourth-order valence-electron chi connectivity index (χ4n) is 1.36. The Morgan fingerprint density at radius 3 is 3.12 bits per heavy atom. The SMILES string of the molecule is COC(=O)Cn1cccc1CNCCSC. The van der Waals surface area contributed by atoms with E-state index in [9.17, 15) is 4.79 Å². The Bertz CT molecular complexity index is 326. The van der Waals surface area contributed by atoms with Gasteiger partial charge in [0.2, 0.25) is 0 Å². The van der Waals surface area contributed by atoms with Crippen LogP contribution in [0.25, 0.3) is 0 Å². The van der Waals surface area contributed by atoms with E-state index in [-0.39, 0.29) is 12.5 Å². The summed E-state index contributed by atoms with van der Waals surface area (Å²) in [6, 6.07) is 3.95. The molecule has 16 heavy (non-hydrogen) atoms. The minimum Gasteiger partial charge on any atom is -0.468 e. The number of hydrogen-bond acceptors (Lipinski definition) is 4. The number of ether oxygens (including phenoxy) is 1. The summed E-state index contributed by atoms with van der Waals surface area (Å²) in [5.41, 5.74) is 1.10. The Morgan fingerprint density at radius 2 is 2.44 bits per heavy atom. The van der Waals surface area contributed by atoms with E-state index in [1.807, 2.05) is 34.7 Å². The highest BCUT2D eigenvalue weighted by Crippen LogP contribution is 2.02. The van der Waals surface area contributed by atoms with Crippen LogP contribution in [0.15, 0.2) is 18.3 Å². The number of nitrogens with one attached hydrogen (secondary N) is 1. The number of nitrogens with zero attached hydrogens (tertiary/aromatic N) is 1. The molecule has 0 aliphatic carbocycles. The second kappa shape index (κ2) is 7.35. The molecule has 0 amide bonds. The molecule has 0 saturated carbocycles. The van der Waals surface area contributed by atoms with E-state index >= 15 is 0 Å². The molecule has 0 aromatic carbocycles. The molecule has 0 radical (unpaired) electrons. The summed E-state index contributed by atoms with van der Waals surface area (Å²) in [5, 5.41) is 3.33. The summed E-state index contributed by atoms with van der Waals surface area (Å²) in [4.78, 5) is 11.1. The smallest absolute Gasteiger partial charge is 0.325 e. The molecule has 1 N–H and O–H groups in total. The molecule has 1 aromatic rings. The highest BCUT2D eigenvalue weighted by Gasteiger charge is 2.05. The van der Waals surface area contributed by atoms with E-state index in [4.69, 9.17) is 0 Å². The van der Waals surface area contributed by atoms with Crippen molar-refractivity contribution in [3.05, 3.63) is 24.0 Å². The molecule has 0 aliphatic heterocycles. The van der Waals surface area contributed by atoms with Crippen molar-refractivity contribution >= 4 is 17.7 Å². The van der Waals surface area contributed by atoms with Crippen molar-refractivity contribution in [2.75, 3.05) is 25.7 Å². The number of carbonyl (C=O) groups is 1. The molecular formula is C11H18N2O2S. The summed E-state index contributed by atoms with van der Waals surface area (Å²) >= 11 is 1.81. The Morgan fingerprint density at radius 1 is 1.62 bits per heavy atom. The van der Waals surface area contributed by atoms with E-state index in [0.717, 1.165) is 24.5 Å². The van der Waals surface area contributed by atoms with Crippen LogP contribution in [-0.2, 0) is 22.6 Å². The van der Waals surface area contributed by atoms with Crippen molar-refractivity contribution in [1.29, 1.82) is 0 Å². The van der Waals surface area contributed by atoms with Crippen molar-refractivity contribution in [1.82, 2.24) is 9.88 Å². The van der Waals surface area contributed by atoms with Crippen LogP contribution in [0.1, 0.15) is 5.69 Å². The maximum atomic E-state index is 11.1. The van der Waals surface area contributed by atoms with Crippen LogP contribution in [-0.4, -0.2) is 36.2 Å². The van der Waals surface area contributed by atoms with Gasteiger partial charge >= 0.3 is 5.97 Å². The van der Waals surface area contributed by atoms with Crippen LogP contribution >= 0.6 is 11.8 Å². The highest BCUT2D eigenvalue weighted by molar-refractivity contribution is 7.98. The third kappa shape index (κ3) is 4.28. The lowest BCUT2D eigenvalue weighted by molar-refractivity contribution is -0.141. The van der Waals surface area contributed by atoms with Crippen molar-refractivity contribution < 1.29 is 9.53 Å². The molecule has 0 unspecified atom stereocenters. The van der Waals surface area contributed by atoms with Gasteiger partial charge in [-0.15, -0.1) is 0 Å². The van der Waals surface area contributed by atoms with Gasteiger partial charge in [-0.3, -0.25) is 4.79 Å². The molecule has 5 heteroatoms. The van der Waals surface area contributed by atoms with Crippen LogP contribution in [0.3, 0.4) is 0 Å². The standard InChI is InChI=1S/C11H18N2O2S/c1-15-11(14)9-13-6-3-4-10(13)8-12-5-7-16-2/h3-4,6,12H,5,7-9H2,1-2H3. The minimum absolute atomic E-state index is 0.221. The third-order valence-electron chi connectivity index (χ3n) is 2.24. The molecule has 4 nitrogen and oxygen atoms in total. The predicted octanol–water partition coefficient (Wildman–Crippen LogP) is 1.11. The van der Waals surface area contributed by atoms with Crippen LogP contribution in [0.4, 0.5) is 0 Å². The molecule has 1 heterocycles. The second-order valence-electron chi connectivity index (χ2n) is 3.37. The fraction of sp³-hybridized carbons (Fsp3) is 0.545. The number of aromatic nitrogens is 1. The lowest BCUT2D eigenvalue weighted by Gasteiger charge is -2.08. The molecule has 0 saturated heterocycles. The van der Waals surface area contributed by atoms with Crippen LogP contribution in [0.2, 0.25) is 0 Å². The van der Waals surface area contributed by atoms with E-state index in [1.165, 1.54) is 7.11 Å². The summed E-state index contributed by atoms with van der Waals surface area (Å²) in [5.74, 6) is 0.874. The lowest BCUT2D eigenvalue weighted by atomic mass is 10.4. The quantitative estimate of drug-likeness (QED) is 0.574. The molecule has 0 bridgehead atoms. The molecule has 0 atom stereocenters. The summed E-state index contributed by atoms with van der Waals surface area (Å²) in [6.45, 7) is 2.04. The van der Waals surface area contributed by atoms with Crippen molar-refractivity contribution in [3.8, 4) is 0 Å². The third-order valence-corrected chi connectivity index (χ3v) is 2.85. The molecule has 0 fully saturated rings. The van der Waals surface area contributed by atoms with Crippen LogP contribution in [0.5, 0.6) is 0 Å².